The standard InChI is InChI=1S/C18H15F3O2Se/c1-2-23-17(22)16(24-15-9-4-3-5-10-15)12-13-7-6-8-14(11-13)18(19,20)21/h3-12H,2H2,1H3/b16-12-. The number of halogens is 3. The molecule has 0 saturated heterocycles. The first kappa shape index (κ1) is 18.3. The molecule has 0 atom stereocenters. The van der Waals surface area contributed by atoms with Gasteiger partial charge in [-0.2, -0.15) is 0 Å². The Morgan fingerprint density at radius 2 is 1.83 bits per heavy atom. The molecule has 0 aliphatic carbocycles. The van der Waals surface area contributed by atoms with Crippen LogP contribution in [0.5, 0.6) is 0 Å². The van der Waals surface area contributed by atoms with E-state index in [1.807, 2.05) is 30.3 Å². The van der Waals surface area contributed by atoms with E-state index < -0.39 is 17.7 Å². The van der Waals surface area contributed by atoms with Crippen LogP contribution in [-0.4, -0.2) is 27.5 Å². The molecule has 2 rings (SSSR count). The molecule has 0 fully saturated rings. The van der Waals surface area contributed by atoms with Crippen LogP contribution in [0.3, 0.4) is 0 Å². The molecule has 0 radical (unpaired) electrons. The van der Waals surface area contributed by atoms with Gasteiger partial charge in [-0.15, -0.1) is 0 Å². The van der Waals surface area contributed by atoms with Crippen molar-refractivity contribution in [3.8, 4) is 0 Å². The topological polar surface area (TPSA) is 26.3 Å². The Morgan fingerprint density at radius 3 is 2.46 bits per heavy atom. The van der Waals surface area contributed by atoms with Gasteiger partial charge in [0, 0.05) is 0 Å². The van der Waals surface area contributed by atoms with Crippen molar-refractivity contribution in [1.29, 1.82) is 0 Å². The first-order valence-electron chi connectivity index (χ1n) is 7.19. The summed E-state index contributed by atoms with van der Waals surface area (Å²) in [5, 5.41) is 0. The Morgan fingerprint density at radius 1 is 1.12 bits per heavy atom. The normalized spacial score (nSPS) is 12.1. The van der Waals surface area contributed by atoms with E-state index in [9.17, 15) is 18.0 Å². The van der Waals surface area contributed by atoms with E-state index in [1.54, 1.807) is 6.92 Å². The van der Waals surface area contributed by atoms with Gasteiger partial charge in [0.25, 0.3) is 0 Å². The predicted octanol–water partition coefficient (Wildman–Crippen LogP) is 3.64. The molecular weight excluding hydrogens is 384 g/mol. The van der Waals surface area contributed by atoms with Crippen LogP contribution in [0.2, 0.25) is 0 Å². The van der Waals surface area contributed by atoms with Gasteiger partial charge in [0.1, 0.15) is 0 Å². The molecule has 2 aromatic rings. The number of benzene rings is 2. The maximum absolute atomic E-state index is 12.8. The summed E-state index contributed by atoms with van der Waals surface area (Å²) in [5.41, 5.74) is -0.419. The molecule has 6 heteroatoms. The number of esters is 1. The minimum atomic E-state index is -4.42. The third kappa shape index (κ3) is 5.25. The first-order chi connectivity index (χ1) is 11.4. The van der Waals surface area contributed by atoms with Crippen molar-refractivity contribution in [2.75, 3.05) is 6.61 Å². The summed E-state index contributed by atoms with van der Waals surface area (Å²) >= 11 is -0.359. The van der Waals surface area contributed by atoms with E-state index in [1.165, 1.54) is 18.2 Å². The molecule has 24 heavy (non-hydrogen) atoms. The Labute approximate surface area is 144 Å². The zero-order valence-electron chi connectivity index (χ0n) is 12.8. The molecule has 0 heterocycles. The zero-order chi connectivity index (χ0) is 17.6. The number of carbonyl (C=O) groups excluding carboxylic acids is 1. The van der Waals surface area contributed by atoms with E-state index in [0.717, 1.165) is 16.6 Å². The summed E-state index contributed by atoms with van der Waals surface area (Å²) in [7, 11) is 0. The Hall–Kier alpha value is -2.04. The number of rotatable bonds is 5. The SMILES string of the molecule is CCOC(=O)/C(=C/c1cccc(C(F)(F)F)c1)[Se]c1ccccc1. The van der Waals surface area contributed by atoms with Crippen LogP contribution in [0.25, 0.3) is 6.08 Å². The van der Waals surface area contributed by atoms with Gasteiger partial charge in [-0.05, 0) is 0 Å². The molecule has 0 bridgehead atoms. The quantitative estimate of drug-likeness (QED) is 0.436. The second kappa shape index (κ2) is 8.17. The number of alkyl halides is 3. The van der Waals surface area contributed by atoms with Crippen molar-refractivity contribution in [3.63, 3.8) is 0 Å². The zero-order valence-corrected chi connectivity index (χ0v) is 14.6. The molecule has 0 saturated carbocycles. The second-order valence-electron chi connectivity index (χ2n) is 4.77. The van der Waals surface area contributed by atoms with Crippen LogP contribution in [0.1, 0.15) is 18.1 Å². The number of carbonyl (C=O) groups is 1. The molecule has 126 valence electrons. The average molecular weight is 399 g/mol. The van der Waals surface area contributed by atoms with E-state index in [4.69, 9.17) is 4.74 Å². The molecule has 0 amide bonds. The van der Waals surface area contributed by atoms with E-state index in [0.29, 0.717) is 10.0 Å². The van der Waals surface area contributed by atoms with Crippen molar-refractivity contribution < 1.29 is 22.7 Å². The molecule has 0 aromatic heterocycles. The van der Waals surface area contributed by atoms with Crippen molar-refractivity contribution >= 4 is 31.5 Å². The summed E-state index contributed by atoms with van der Waals surface area (Å²) in [5.74, 6) is -0.501. The van der Waals surface area contributed by atoms with E-state index >= 15 is 0 Å². The van der Waals surface area contributed by atoms with Gasteiger partial charge in [0.05, 0.1) is 0 Å². The maximum atomic E-state index is 12.8. The molecule has 2 nitrogen and oxygen atoms in total. The summed E-state index contributed by atoms with van der Waals surface area (Å²) in [6, 6.07) is 14.2. The fourth-order valence-electron chi connectivity index (χ4n) is 1.90. The van der Waals surface area contributed by atoms with Crippen molar-refractivity contribution in [2.24, 2.45) is 0 Å². The molecule has 0 aliphatic heterocycles. The average Bonchev–Trinajstić information content (AvgIpc) is 2.55. The van der Waals surface area contributed by atoms with Crippen LogP contribution in [0.15, 0.2) is 59.1 Å². The predicted molar refractivity (Wildman–Crippen MR) is 87.9 cm³/mol. The van der Waals surface area contributed by atoms with Crippen molar-refractivity contribution in [3.05, 3.63) is 70.2 Å². The third-order valence-electron chi connectivity index (χ3n) is 2.96. The Balaban J connectivity index is 2.35. The van der Waals surface area contributed by atoms with Crippen LogP contribution in [0.4, 0.5) is 13.2 Å². The second-order valence-corrected chi connectivity index (χ2v) is 7.11. The summed E-state index contributed by atoms with van der Waals surface area (Å²) < 4.78 is 44.8. The monoisotopic (exact) mass is 400 g/mol. The van der Waals surface area contributed by atoms with Gasteiger partial charge in [-0.25, -0.2) is 0 Å². The van der Waals surface area contributed by atoms with E-state index in [-0.39, 0.29) is 21.6 Å². The fourth-order valence-corrected chi connectivity index (χ4v) is 3.76. The van der Waals surface area contributed by atoms with Gasteiger partial charge in [-0.3, -0.25) is 0 Å². The summed E-state index contributed by atoms with van der Waals surface area (Å²) in [6.45, 7) is 1.90. The summed E-state index contributed by atoms with van der Waals surface area (Å²) in [4.78, 5) is 12.1. The number of hydrogen-bond acceptors (Lipinski definition) is 2. The van der Waals surface area contributed by atoms with Crippen LogP contribution in [0, 0.1) is 0 Å². The van der Waals surface area contributed by atoms with Crippen LogP contribution in [-0.2, 0) is 15.7 Å². The summed E-state index contributed by atoms with van der Waals surface area (Å²) in [6.07, 6.45) is -2.95. The van der Waals surface area contributed by atoms with Gasteiger partial charge in [0.2, 0.25) is 0 Å². The molecule has 0 unspecified atom stereocenters. The molecule has 2 aromatic carbocycles. The van der Waals surface area contributed by atoms with Crippen LogP contribution < -0.4 is 4.46 Å². The molecule has 0 spiro atoms. The van der Waals surface area contributed by atoms with Gasteiger partial charge >= 0.3 is 144 Å². The fraction of sp³-hybridized carbons (Fsp3) is 0.167. The van der Waals surface area contributed by atoms with Crippen LogP contribution >= 0.6 is 0 Å². The number of ether oxygens (including phenoxy) is 1. The minimum absolute atomic E-state index is 0.212. The molecular formula is C18H15F3O2Se. The van der Waals surface area contributed by atoms with Gasteiger partial charge in [-0.1, -0.05) is 0 Å². The van der Waals surface area contributed by atoms with Crippen molar-refractivity contribution in [2.45, 2.75) is 13.1 Å². The molecule has 0 aliphatic rings. The first-order valence-corrected chi connectivity index (χ1v) is 8.90. The molecule has 0 N–H and O–H groups in total. The van der Waals surface area contributed by atoms with Gasteiger partial charge < -0.3 is 0 Å². The van der Waals surface area contributed by atoms with Gasteiger partial charge in [0.15, 0.2) is 0 Å². The van der Waals surface area contributed by atoms with E-state index in [2.05, 4.69) is 0 Å². The van der Waals surface area contributed by atoms with Crippen molar-refractivity contribution in [1.82, 2.24) is 0 Å². The third-order valence-corrected chi connectivity index (χ3v) is 5.08. The number of hydrogen-bond donors (Lipinski definition) is 0. The Bertz CT molecular complexity index is 725. The Kier molecular flexibility index (Phi) is 6.23.